The van der Waals surface area contributed by atoms with E-state index in [2.05, 4.69) is 4.98 Å². The van der Waals surface area contributed by atoms with E-state index in [0.717, 1.165) is 27.0 Å². The maximum Gasteiger partial charge on any atom is 0.168 e. The number of rotatable bonds is 3. The van der Waals surface area contributed by atoms with Gasteiger partial charge in [0, 0.05) is 27.9 Å². The van der Waals surface area contributed by atoms with E-state index >= 15 is 0 Å². The first kappa shape index (κ1) is 13.3. The summed E-state index contributed by atoms with van der Waals surface area (Å²) in [7, 11) is 0. The Morgan fingerprint density at radius 1 is 1.25 bits per heavy atom. The molecule has 1 aromatic carbocycles. The van der Waals surface area contributed by atoms with Gasteiger partial charge in [-0.15, -0.1) is 11.3 Å². The van der Waals surface area contributed by atoms with Crippen LogP contribution in [0, 0.1) is 6.92 Å². The van der Waals surface area contributed by atoms with Crippen LogP contribution in [0.25, 0.3) is 10.9 Å². The molecule has 0 radical (unpaired) electrons. The molecule has 0 aliphatic rings. The number of fused-ring (bicyclic) bond motifs is 1. The number of hydrogen-bond acceptors (Lipinski definition) is 3. The van der Waals surface area contributed by atoms with Crippen LogP contribution in [-0.4, -0.2) is 10.8 Å². The molecule has 0 fully saturated rings. The van der Waals surface area contributed by atoms with Crippen molar-refractivity contribution in [1.82, 2.24) is 4.98 Å². The van der Waals surface area contributed by atoms with Gasteiger partial charge in [0.2, 0.25) is 0 Å². The number of carbonyl (C=O) groups excluding carboxylic acids is 1. The second-order valence-electron chi connectivity index (χ2n) is 4.63. The van der Waals surface area contributed by atoms with E-state index in [1.807, 2.05) is 49.4 Å². The number of carbonyl (C=O) groups is 1. The van der Waals surface area contributed by atoms with Crippen LogP contribution in [0.4, 0.5) is 0 Å². The summed E-state index contributed by atoms with van der Waals surface area (Å²) in [5.41, 5.74) is 2.45. The third kappa shape index (κ3) is 2.60. The molecular formula is C16H12ClNOS. The van der Waals surface area contributed by atoms with Gasteiger partial charge in [0.25, 0.3) is 0 Å². The van der Waals surface area contributed by atoms with Crippen molar-refractivity contribution in [2.75, 3.05) is 0 Å². The molecule has 3 rings (SSSR count). The molecule has 2 nitrogen and oxygen atoms in total. The molecule has 0 aliphatic heterocycles. The number of halogens is 1. The van der Waals surface area contributed by atoms with E-state index < -0.39 is 0 Å². The molecule has 2 heterocycles. The Morgan fingerprint density at radius 3 is 2.80 bits per heavy atom. The van der Waals surface area contributed by atoms with Crippen LogP contribution in [0.15, 0.2) is 42.5 Å². The first-order valence-electron chi connectivity index (χ1n) is 6.27. The molecular weight excluding hydrogens is 290 g/mol. The highest BCUT2D eigenvalue weighted by Gasteiger charge is 2.13. The Bertz CT molecular complexity index is 794. The summed E-state index contributed by atoms with van der Waals surface area (Å²) in [5.74, 6) is 0.102. The highest BCUT2D eigenvalue weighted by Crippen LogP contribution is 2.25. The number of thiophene rings is 1. The van der Waals surface area contributed by atoms with Crippen molar-refractivity contribution in [2.24, 2.45) is 0 Å². The molecule has 0 unspecified atom stereocenters. The van der Waals surface area contributed by atoms with Gasteiger partial charge in [0.05, 0.1) is 9.85 Å². The van der Waals surface area contributed by atoms with Crippen molar-refractivity contribution in [3.8, 4) is 0 Å². The second-order valence-corrected chi connectivity index (χ2v) is 6.43. The van der Waals surface area contributed by atoms with Crippen molar-refractivity contribution >= 4 is 39.6 Å². The van der Waals surface area contributed by atoms with Gasteiger partial charge in [-0.2, -0.15) is 0 Å². The topological polar surface area (TPSA) is 30.0 Å². The molecule has 100 valence electrons. The summed E-state index contributed by atoms with van der Waals surface area (Å²) >= 11 is 7.36. The van der Waals surface area contributed by atoms with Crippen LogP contribution in [0.3, 0.4) is 0 Å². The molecule has 0 spiro atoms. The van der Waals surface area contributed by atoms with E-state index in [9.17, 15) is 4.79 Å². The fourth-order valence-electron chi connectivity index (χ4n) is 2.24. The van der Waals surface area contributed by atoms with E-state index in [-0.39, 0.29) is 5.78 Å². The summed E-state index contributed by atoms with van der Waals surface area (Å²) < 4.78 is 0.712. The predicted molar refractivity (Wildman–Crippen MR) is 83.8 cm³/mol. The fourth-order valence-corrected chi connectivity index (χ4v) is 3.32. The van der Waals surface area contributed by atoms with Gasteiger partial charge in [-0.3, -0.25) is 9.78 Å². The van der Waals surface area contributed by atoms with E-state index in [1.165, 1.54) is 11.3 Å². The molecule has 0 bridgehead atoms. The Balaban J connectivity index is 2.02. The minimum atomic E-state index is 0.102. The normalized spacial score (nSPS) is 10.9. The second kappa shape index (κ2) is 5.35. The summed E-state index contributed by atoms with van der Waals surface area (Å²) in [4.78, 5) is 18.0. The maximum atomic E-state index is 12.5. The number of Topliss-reactive ketones (excluding diaryl/α,β-unsaturated/α-hetero) is 1. The van der Waals surface area contributed by atoms with Gasteiger partial charge in [-0.1, -0.05) is 29.8 Å². The fraction of sp³-hybridized carbons (Fsp3) is 0.125. The summed E-state index contributed by atoms with van der Waals surface area (Å²) in [5, 5.41) is 0.908. The third-order valence-electron chi connectivity index (χ3n) is 3.11. The zero-order valence-electron chi connectivity index (χ0n) is 10.9. The number of para-hydroxylation sites is 1. The van der Waals surface area contributed by atoms with E-state index in [1.54, 1.807) is 0 Å². The first-order valence-corrected chi connectivity index (χ1v) is 7.47. The number of hydrogen-bond donors (Lipinski definition) is 0. The van der Waals surface area contributed by atoms with Crippen LogP contribution in [-0.2, 0) is 6.42 Å². The lowest BCUT2D eigenvalue weighted by Crippen LogP contribution is -2.04. The Labute approximate surface area is 126 Å². The highest BCUT2D eigenvalue weighted by atomic mass is 35.5. The van der Waals surface area contributed by atoms with Gasteiger partial charge in [-0.25, -0.2) is 0 Å². The molecule has 0 amide bonds. The van der Waals surface area contributed by atoms with Crippen molar-refractivity contribution in [1.29, 1.82) is 0 Å². The van der Waals surface area contributed by atoms with E-state index in [4.69, 9.17) is 11.6 Å². The molecule has 0 aliphatic carbocycles. The number of aromatic nitrogens is 1. The average molecular weight is 302 g/mol. The zero-order chi connectivity index (χ0) is 14.1. The van der Waals surface area contributed by atoms with Crippen LogP contribution < -0.4 is 0 Å². The Kier molecular flexibility index (Phi) is 3.55. The molecule has 0 N–H and O–H groups in total. The van der Waals surface area contributed by atoms with Crippen LogP contribution >= 0.6 is 22.9 Å². The number of pyridine rings is 1. The van der Waals surface area contributed by atoms with Crippen LogP contribution in [0.5, 0.6) is 0 Å². The van der Waals surface area contributed by atoms with Crippen molar-refractivity contribution in [2.45, 2.75) is 13.3 Å². The lowest BCUT2D eigenvalue weighted by atomic mass is 10.0. The minimum Gasteiger partial charge on any atom is -0.294 e. The first-order chi connectivity index (χ1) is 9.63. The third-order valence-corrected chi connectivity index (χ3v) is 4.34. The molecule has 3 aromatic rings. The number of ketones is 1. The largest absolute Gasteiger partial charge is 0.294 e. The quantitative estimate of drug-likeness (QED) is 0.657. The molecule has 20 heavy (non-hydrogen) atoms. The van der Waals surface area contributed by atoms with Crippen LogP contribution in [0.1, 0.15) is 20.9 Å². The predicted octanol–water partition coefficient (Wildman–Crippen LogP) is 4.68. The van der Waals surface area contributed by atoms with Gasteiger partial charge in [0.1, 0.15) is 0 Å². The van der Waals surface area contributed by atoms with Crippen molar-refractivity contribution in [3.63, 3.8) is 0 Å². The van der Waals surface area contributed by atoms with Gasteiger partial charge < -0.3 is 0 Å². The minimum absolute atomic E-state index is 0.102. The van der Waals surface area contributed by atoms with Gasteiger partial charge in [-0.05, 0) is 31.2 Å². The van der Waals surface area contributed by atoms with Crippen molar-refractivity contribution < 1.29 is 4.79 Å². The lowest BCUT2D eigenvalue weighted by Gasteiger charge is -2.06. The molecule has 0 saturated carbocycles. The lowest BCUT2D eigenvalue weighted by molar-refractivity contribution is 0.0995. The van der Waals surface area contributed by atoms with E-state index in [0.29, 0.717) is 10.8 Å². The summed E-state index contributed by atoms with van der Waals surface area (Å²) in [6.07, 6.45) is 0.380. The smallest absolute Gasteiger partial charge is 0.168 e. The molecule has 0 saturated heterocycles. The number of benzene rings is 1. The van der Waals surface area contributed by atoms with Gasteiger partial charge in [0.15, 0.2) is 5.78 Å². The van der Waals surface area contributed by atoms with Gasteiger partial charge >= 0.3 is 0 Å². The SMILES string of the molecule is Cc1cc(C(=O)Cc2ccc(Cl)s2)c2ccccc2n1. The molecule has 0 atom stereocenters. The summed E-state index contributed by atoms with van der Waals surface area (Å²) in [6, 6.07) is 13.3. The average Bonchev–Trinajstić information content (AvgIpc) is 2.83. The highest BCUT2D eigenvalue weighted by molar-refractivity contribution is 7.16. The molecule has 2 aromatic heterocycles. The Morgan fingerprint density at radius 2 is 2.05 bits per heavy atom. The number of aryl methyl sites for hydroxylation is 1. The zero-order valence-corrected chi connectivity index (χ0v) is 12.5. The van der Waals surface area contributed by atoms with Crippen molar-refractivity contribution in [3.05, 3.63) is 62.9 Å². The molecule has 4 heteroatoms. The maximum absolute atomic E-state index is 12.5. The monoisotopic (exact) mass is 301 g/mol. The standard InChI is InChI=1S/C16H12ClNOS/c1-10-8-13(12-4-2-3-5-14(12)18-10)15(19)9-11-6-7-16(17)20-11/h2-8H,9H2,1H3. The van der Waals surface area contributed by atoms with Crippen LogP contribution in [0.2, 0.25) is 4.34 Å². The summed E-state index contributed by atoms with van der Waals surface area (Å²) in [6.45, 7) is 1.91. The Hall–Kier alpha value is -1.71. The number of nitrogens with zero attached hydrogens (tertiary/aromatic N) is 1.